The van der Waals surface area contributed by atoms with Crippen LogP contribution >= 0.6 is 15.9 Å². The third-order valence-corrected chi connectivity index (χ3v) is 5.32. The Morgan fingerprint density at radius 2 is 1.95 bits per heavy atom. The summed E-state index contributed by atoms with van der Waals surface area (Å²) in [5.74, 6) is 1.55. The summed E-state index contributed by atoms with van der Waals surface area (Å²) in [6.45, 7) is 2.10. The minimum atomic E-state index is -0.0521. The summed E-state index contributed by atoms with van der Waals surface area (Å²) in [4.78, 5) is 4.84. The summed E-state index contributed by atoms with van der Waals surface area (Å²) in [7, 11) is 0. The average Bonchev–Trinajstić information content (AvgIpc) is 3.17. The van der Waals surface area contributed by atoms with Gasteiger partial charge in [0.05, 0.1) is 10.2 Å². The highest BCUT2D eigenvalue weighted by Gasteiger charge is 2.41. The lowest BCUT2D eigenvalue weighted by molar-refractivity contribution is 0.358. The Balaban J connectivity index is 2.01. The van der Waals surface area contributed by atoms with E-state index in [2.05, 4.69) is 63.3 Å². The van der Waals surface area contributed by atoms with Crippen molar-refractivity contribution in [2.45, 2.75) is 49.3 Å². The molecule has 1 aromatic heterocycles. The number of benzene rings is 1. The smallest absolute Gasteiger partial charge is 0.240 e. The van der Waals surface area contributed by atoms with Crippen LogP contribution in [0.5, 0.6) is 0 Å². The number of halogens is 1. The predicted octanol–water partition coefficient (Wildman–Crippen LogP) is 4.78. The van der Waals surface area contributed by atoms with Gasteiger partial charge in [0.25, 0.3) is 0 Å². The zero-order chi connectivity index (χ0) is 14.0. The van der Waals surface area contributed by atoms with Gasteiger partial charge in [0.15, 0.2) is 5.82 Å². The molecule has 3 rings (SSSR count). The fourth-order valence-electron chi connectivity index (χ4n) is 3.11. The Kier molecular flexibility index (Phi) is 3.92. The molecule has 1 fully saturated rings. The Morgan fingerprint density at radius 3 is 2.60 bits per heavy atom. The van der Waals surface area contributed by atoms with Gasteiger partial charge in [-0.15, -0.1) is 0 Å². The van der Waals surface area contributed by atoms with Crippen molar-refractivity contribution < 1.29 is 4.52 Å². The van der Waals surface area contributed by atoms with E-state index < -0.39 is 0 Å². The quantitative estimate of drug-likeness (QED) is 0.755. The van der Waals surface area contributed by atoms with Crippen molar-refractivity contribution in [1.29, 1.82) is 0 Å². The Hall–Kier alpha value is -1.16. The molecule has 1 unspecified atom stereocenters. The van der Waals surface area contributed by atoms with E-state index >= 15 is 0 Å². The fraction of sp³-hybridized carbons (Fsp3) is 0.500. The molecule has 0 radical (unpaired) electrons. The number of hydrogen-bond donors (Lipinski definition) is 0. The molecule has 3 nitrogen and oxygen atoms in total. The number of nitrogens with zero attached hydrogens (tertiary/aromatic N) is 2. The van der Waals surface area contributed by atoms with Crippen LogP contribution in [-0.4, -0.2) is 10.1 Å². The summed E-state index contributed by atoms with van der Waals surface area (Å²) in [6, 6.07) is 10.6. The van der Waals surface area contributed by atoms with Crippen molar-refractivity contribution in [2.75, 3.05) is 0 Å². The second kappa shape index (κ2) is 5.68. The number of alkyl halides is 1. The van der Waals surface area contributed by atoms with Crippen LogP contribution in [0.25, 0.3) is 0 Å². The summed E-state index contributed by atoms with van der Waals surface area (Å²) in [5.41, 5.74) is 1.26. The van der Waals surface area contributed by atoms with Crippen LogP contribution in [0.1, 0.15) is 61.1 Å². The molecule has 1 saturated carbocycles. The highest BCUT2D eigenvalue weighted by Crippen LogP contribution is 2.45. The molecule has 4 heteroatoms. The molecule has 2 aromatic rings. The first-order valence-electron chi connectivity index (χ1n) is 7.30. The third-order valence-electron chi connectivity index (χ3n) is 4.28. The maximum atomic E-state index is 5.47. The largest absolute Gasteiger partial charge is 0.338 e. The maximum Gasteiger partial charge on any atom is 0.240 e. The third kappa shape index (κ3) is 2.30. The topological polar surface area (TPSA) is 38.9 Å². The first-order valence-corrected chi connectivity index (χ1v) is 8.21. The van der Waals surface area contributed by atoms with E-state index in [0.29, 0.717) is 5.89 Å². The van der Waals surface area contributed by atoms with E-state index in [-0.39, 0.29) is 10.2 Å². The molecule has 0 N–H and O–H groups in total. The maximum absolute atomic E-state index is 5.47. The molecule has 20 heavy (non-hydrogen) atoms. The lowest BCUT2D eigenvalue weighted by atomic mass is 9.78. The number of aromatic nitrogens is 2. The molecular weight excluding hydrogens is 316 g/mol. The first kappa shape index (κ1) is 13.8. The molecule has 1 heterocycles. The van der Waals surface area contributed by atoms with Gasteiger partial charge >= 0.3 is 0 Å². The summed E-state index contributed by atoms with van der Waals surface area (Å²) < 4.78 is 5.47. The van der Waals surface area contributed by atoms with Gasteiger partial charge in [0, 0.05) is 0 Å². The van der Waals surface area contributed by atoms with E-state index in [4.69, 9.17) is 4.52 Å². The number of hydrogen-bond acceptors (Lipinski definition) is 3. The molecule has 0 amide bonds. The van der Waals surface area contributed by atoms with E-state index in [1.165, 1.54) is 18.4 Å². The van der Waals surface area contributed by atoms with Gasteiger partial charge in [-0.3, -0.25) is 0 Å². The molecule has 0 bridgehead atoms. The highest BCUT2D eigenvalue weighted by molar-refractivity contribution is 9.09. The minimum Gasteiger partial charge on any atom is -0.338 e. The normalized spacial score (nSPS) is 19.1. The molecular formula is C16H19BrN2O. The van der Waals surface area contributed by atoms with Gasteiger partial charge in [-0.2, -0.15) is 4.98 Å². The summed E-state index contributed by atoms with van der Waals surface area (Å²) >= 11 is 3.58. The molecule has 1 aliphatic carbocycles. The highest BCUT2D eigenvalue weighted by atomic mass is 79.9. The summed E-state index contributed by atoms with van der Waals surface area (Å²) in [6.07, 6.45) is 5.61. The summed E-state index contributed by atoms with van der Waals surface area (Å²) in [5, 5.41) is 4.30. The molecule has 0 aliphatic heterocycles. The molecule has 0 spiro atoms. The van der Waals surface area contributed by atoms with Crippen LogP contribution in [0.4, 0.5) is 0 Å². The molecule has 1 aromatic carbocycles. The monoisotopic (exact) mass is 334 g/mol. The van der Waals surface area contributed by atoms with Crippen LogP contribution in [-0.2, 0) is 5.41 Å². The Morgan fingerprint density at radius 1 is 1.25 bits per heavy atom. The van der Waals surface area contributed by atoms with Crippen molar-refractivity contribution in [3.8, 4) is 0 Å². The van der Waals surface area contributed by atoms with Crippen LogP contribution in [0.3, 0.4) is 0 Å². The number of rotatable bonds is 4. The zero-order valence-electron chi connectivity index (χ0n) is 11.7. The van der Waals surface area contributed by atoms with Gasteiger partial charge in [0.2, 0.25) is 5.89 Å². The second-order valence-corrected chi connectivity index (χ2v) is 6.59. The molecule has 1 atom stereocenters. The van der Waals surface area contributed by atoms with Crippen molar-refractivity contribution in [3.63, 3.8) is 0 Å². The van der Waals surface area contributed by atoms with Crippen LogP contribution < -0.4 is 0 Å². The van der Waals surface area contributed by atoms with Crippen molar-refractivity contribution >= 4 is 15.9 Å². The molecule has 1 aliphatic rings. The van der Waals surface area contributed by atoms with Crippen LogP contribution in [0.15, 0.2) is 34.9 Å². The van der Waals surface area contributed by atoms with Crippen molar-refractivity contribution in [3.05, 3.63) is 47.6 Å². The van der Waals surface area contributed by atoms with Crippen LogP contribution in [0, 0.1) is 0 Å². The van der Waals surface area contributed by atoms with E-state index in [0.717, 1.165) is 25.1 Å². The van der Waals surface area contributed by atoms with Gasteiger partial charge in [-0.1, -0.05) is 71.2 Å². The lowest BCUT2D eigenvalue weighted by Crippen LogP contribution is -2.25. The van der Waals surface area contributed by atoms with E-state index in [1.54, 1.807) is 0 Å². The molecule has 0 saturated heterocycles. The average molecular weight is 335 g/mol. The fourth-order valence-corrected chi connectivity index (χ4v) is 3.29. The SMILES string of the molecule is CCC(Br)c1nc(C2(c3ccccc3)CCCC2)no1. The van der Waals surface area contributed by atoms with Gasteiger partial charge < -0.3 is 4.52 Å². The Bertz CT molecular complexity index is 561. The van der Waals surface area contributed by atoms with Crippen molar-refractivity contribution in [2.24, 2.45) is 0 Å². The van der Waals surface area contributed by atoms with Crippen LogP contribution in [0.2, 0.25) is 0 Å². The predicted molar refractivity (Wildman–Crippen MR) is 81.9 cm³/mol. The zero-order valence-corrected chi connectivity index (χ0v) is 13.3. The molecule has 106 valence electrons. The minimum absolute atomic E-state index is 0.0521. The second-order valence-electron chi connectivity index (χ2n) is 5.49. The van der Waals surface area contributed by atoms with E-state index in [1.807, 2.05) is 0 Å². The van der Waals surface area contributed by atoms with Crippen molar-refractivity contribution in [1.82, 2.24) is 10.1 Å². The van der Waals surface area contributed by atoms with Gasteiger partial charge in [-0.05, 0) is 24.8 Å². The lowest BCUT2D eigenvalue weighted by Gasteiger charge is -2.25. The van der Waals surface area contributed by atoms with Gasteiger partial charge in [-0.25, -0.2) is 0 Å². The first-order chi connectivity index (χ1) is 9.76. The Labute approximate surface area is 127 Å². The standard InChI is InChI=1S/C16H19BrN2O/c1-2-13(17)14-18-15(19-20-14)16(10-6-7-11-16)12-8-4-3-5-9-12/h3-5,8-9,13H,2,6-7,10-11H2,1H3. The van der Waals surface area contributed by atoms with E-state index in [9.17, 15) is 0 Å². The van der Waals surface area contributed by atoms with Gasteiger partial charge in [0.1, 0.15) is 0 Å².